The number of benzene rings is 2. The Balaban J connectivity index is 1.01. The van der Waals surface area contributed by atoms with Gasteiger partial charge < -0.3 is 21.3 Å². The second kappa shape index (κ2) is 14.5. The summed E-state index contributed by atoms with van der Waals surface area (Å²) in [4.78, 5) is 45.5. The molecule has 0 aliphatic carbocycles. The second-order valence-electron chi connectivity index (χ2n) is 13.2. The van der Waals surface area contributed by atoms with E-state index in [4.69, 9.17) is 28.2 Å². The highest BCUT2D eigenvalue weighted by atomic mass is 35.5. The van der Waals surface area contributed by atoms with E-state index in [9.17, 15) is 14.4 Å². The first kappa shape index (κ1) is 34.0. The smallest absolute Gasteiger partial charge is 0.262 e. The van der Waals surface area contributed by atoms with E-state index in [1.807, 2.05) is 54.7 Å². The molecule has 4 N–H and O–H groups in total. The molecule has 0 bridgehead atoms. The molecule has 0 unspecified atom stereocenters. The molecule has 2 saturated heterocycles. The van der Waals surface area contributed by atoms with Gasteiger partial charge >= 0.3 is 0 Å². The molecule has 52 heavy (non-hydrogen) atoms. The van der Waals surface area contributed by atoms with Crippen molar-refractivity contribution >= 4 is 46.3 Å². The number of nitrogens with one attached hydrogen (secondary N) is 4. The summed E-state index contributed by atoms with van der Waals surface area (Å²) in [5.41, 5.74) is 7.27. The molecular formula is C38H35Cl2N9O3. The number of fused-ring (bicyclic) bond motifs is 2. The number of rotatable bonds is 11. The van der Waals surface area contributed by atoms with Crippen LogP contribution >= 0.6 is 23.2 Å². The fourth-order valence-electron chi connectivity index (χ4n) is 6.94. The summed E-state index contributed by atoms with van der Waals surface area (Å²) in [5, 5.41) is 18.1. The highest BCUT2D eigenvalue weighted by Crippen LogP contribution is 2.42. The number of carbonyl (C=O) groups is 2. The molecule has 12 nitrogen and oxygen atoms in total. The lowest BCUT2D eigenvalue weighted by Gasteiger charge is -2.15. The third-order valence-electron chi connectivity index (χ3n) is 9.70. The van der Waals surface area contributed by atoms with Crippen LogP contribution in [0.2, 0.25) is 10.0 Å². The summed E-state index contributed by atoms with van der Waals surface area (Å²) in [6, 6.07) is 15.5. The van der Waals surface area contributed by atoms with E-state index in [1.54, 1.807) is 29.3 Å². The standard InChI is InChI=1S/C38H35Cl2N9O3/c39-35-28(22-11-12-48-32(13-22)43-16-24(38(48)52)15-42-20-27-8-10-34(51)47-27)3-1-5-30(35)31-6-2-4-29(36(31)40)25-17-44-37-23(18-45-49(37)21-25)14-41-19-26-7-9-33(50)46-26/h1-6,11-13,16-18,21,26-27,41-42H,7-10,14-15,19-20H2,(H,46,50)(H,47,51)/t26-,27+/m0/s1. The average Bonchev–Trinajstić information content (AvgIpc) is 3.89. The molecule has 2 aliphatic rings. The zero-order valence-corrected chi connectivity index (χ0v) is 29.5. The van der Waals surface area contributed by atoms with Crippen LogP contribution < -0.4 is 26.8 Å². The fraction of sp³-hybridized carbons (Fsp3) is 0.263. The minimum Gasteiger partial charge on any atom is -0.352 e. The van der Waals surface area contributed by atoms with Crippen molar-refractivity contribution in [2.45, 2.75) is 50.9 Å². The van der Waals surface area contributed by atoms with Crippen molar-refractivity contribution < 1.29 is 9.59 Å². The van der Waals surface area contributed by atoms with Crippen LogP contribution in [0.25, 0.3) is 44.7 Å². The third-order valence-corrected chi connectivity index (χ3v) is 10.5. The Hall–Kier alpha value is -5.14. The maximum atomic E-state index is 13.3. The Morgan fingerprint density at radius 2 is 1.35 bits per heavy atom. The van der Waals surface area contributed by atoms with Gasteiger partial charge in [0.15, 0.2) is 5.65 Å². The predicted molar refractivity (Wildman–Crippen MR) is 200 cm³/mol. The number of hydrogen-bond acceptors (Lipinski definition) is 8. The van der Waals surface area contributed by atoms with Gasteiger partial charge in [0.05, 0.1) is 16.2 Å². The Morgan fingerprint density at radius 3 is 1.98 bits per heavy atom. The van der Waals surface area contributed by atoms with E-state index in [-0.39, 0.29) is 29.5 Å². The van der Waals surface area contributed by atoms with Crippen molar-refractivity contribution in [1.82, 2.24) is 45.2 Å². The number of hydrogen-bond donors (Lipinski definition) is 4. The van der Waals surface area contributed by atoms with E-state index < -0.39 is 0 Å². The number of aromatic nitrogens is 5. The number of nitrogens with zero attached hydrogens (tertiary/aromatic N) is 5. The van der Waals surface area contributed by atoms with Crippen molar-refractivity contribution in [2.24, 2.45) is 0 Å². The molecule has 2 amide bonds. The molecule has 6 aromatic rings. The topological polar surface area (TPSA) is 147 Å². The van der Waals surface area contributed by atoms with Gasteiger partial charge in [0.25, 0.3) is 5.56 Å². The van der Waals surface area contributed by atoms with Gasteiger partial charge in [-0.25, -0.2) is 14.5 Å². The number of amides is 2. The van der Waals surface area contributed by atoms with Crippen LogP contribution in [0, 0.1) is 0 Å². The summed E-state index contributed by atoms with van der Waals surface area (Å²) in [6.07, 6.45) is 11.5. The Bertz CT molecular complexity index is 2410. The highest BCUT2D eigenvalue weighted by molar-refractivity contribution is 6.39. The molecule has 264 valence electrons. The van der Waals surface area contributed by atoms with E-state index in [1.165, 1.54) is 4.40 Å². The maximum absolute atomic E-state index is 13.3. The lowest BCUT2D eigenvalue weighted by molar-refractivity contribution is -0.120. The first-order chi connectivity index (χ1) is 25.3. The average molecular weight is 737 g/mol. The van der Waals surface area contributed by atoms with Crippen LogP contribution in [0.4, 0.5) is 0 Å². The SMILES string of the molecule is O=C1CC[C@H](CNCc2cnc3cc(-c4cccc(-c5cccc(-c6cnc7c(CNC[C@@H]8CCC(=O)N8)cnn7c6)c5Cl)c4Cl)ccn3c2=O)N1. The molecule has 4 aromatic heterocycles. The van der Waals surface area contributed by atoms with Crippen LogP contribution in [-0.2, 0) is 22.7 Å². The summed E-state index contributed by atoms with van der Waals surface area (Å²) >= 11 is 14.2. The van der Waals surface area contributed by atoms with Gasteiger partial charge in [-0.3, -0.25) is 18.8 Å². The second-order valence-corrected chi connectivity index (χ2v) is 14.0. The fourth-order valence-corrected chi connectivity index (χ4v) is 7.61. The molecule has 0 spiro atoms. The third kappa shape index (κ3) is 6.78. The van der Waals surface area contributed by atoms with Gasteiger partial charge in [-0.2, -0.15) is 5.10 Å². The summed E-state index contributed by atoms with van der Waals surface area (Å²) in [6.45, 7) is 2.21. The summed E-state index contributed by atoms with van der Waals surface area (Å²) in [5.74, 6) is 0.163. The Kier molecular flexibility index (Phi) is 9.45. The van der Waals surface area contributed by atoms with Gasteiger partial charge in [-0.15, -0.1) is 0 Å². The minimum atomic E-state index is -0.158. The molecule has 2 fully saturated rings. The van der Waals surface area contributed by atoms with Gasteiger partial charge in [0, 0.05) is 115 Å². The first-order valence-electron chi connectivity index (χ1n) is 17.2. The van der Waals surface area contributed by atoms with Gasteiger partial charge in [-0.05, 0) is 30.5 Å². The first-order valence-corrected chi connectivity index (χ1v) is 18.0. The molecule has 0 radical (unpaired) electrons. The molecular weight excluding hydrogens is 701 g/mol. The largest absolute Gasteiger partial charge is 0.352 e. The van der Waals surface area contributed by atoms with Crippen molar-refractivity contribution in [3.05, 3.63) is 111 Å². The van der Waals surface area contributed by atoms with Gasteiger partial charge in [-0.1, -0.05) is 59.6 Å². The number of pyridine rings is 1. The van der Waals surface area contributed by atoms with Crippen LogP contribution in [0.5, 0.6) is 0 Å². The zero-order valence-electron chi connectivity index (χ0n) is 28.0. The van der Waals surface area contributed by atoms with Crippen molar-refractivity contribution in [1.29, 1.82) is 0 Å². The monoisotopic (exact) mass is 735 g/mol. The Labute approximate surface area is 308 Å². The lowest BCUT2D eigenvalue weighted by Crippen LogP contribution is -2.36. The van der Waals surface area contributed by atoms with Crippen LogP contribution in [0.1, 0.15) is 36.8 Å². The zero-order chi connectivity index (χ0) is 35.8. The van der Waals surface area contributed by atoms with E-state index in [2.05, 4.69) is 31.3 Å². The van der Waals surface area contributed by atoms with Crippen LogP contribution in [0.15, 0.2) is 84.3 Å². The lowest BCUT2D eigenvalue weighted by atomic mass is 9.96. The molecule has 0 saturated carbocycles. The van der Waals surface area contributed by atoms with Crippen molar-refractivity contribution in [3.63, 3.8) is 0 Å². The quantitative estimate of drug-likeness (QED) is 0.149. The normalized spacial score (nSPS) is 17.3. The predicted octanol–water partition coefficient (Wildman–Crippen LogP) is 4.78. The van der Waals surface area contributed by atoms with Crippen molar-refractivity contribution in [3.8, 4) is 33.4 Å². The van der Waals surface area contributed by atoms with Crippen LogP contribution in [-0.4, -0.2) is 61.0 Å². The molecule has 14 heteroatoms. The van der Waals surface area contributed by atoms with E-state index >= 15 is 0 Å². The van der Waals surface area contributed by atoms with Crippen LogP contribution in [0.3, 0.4) is 0 Å². The number of carbonyl (C=O) groups excluding carboxylic acids is 2. The van der Waals surface area contributed by atoms with Gasteiger partial charge in [0.1, 0.15) is 5.65 Å². The molecule has 2 aromatic carbocycles. The minimum absolute atomic E-state index is 0.0617. The van der Waals surface area contributed by atoms with E-state index in [0.29, 0.717) is 60.3 Å². The van der Waals surface area contributed by atoms with E-state index in [0.717, 1.165) is 57.4 Å². The maximum Gasteiger partial charge on any atom is 0.262 e. The van der Waals surface area contributed by atoms with Crippen molar-refractivity contribution in [2.75, 3.05) is 13.1 Å². The highest BCUT2D eigenvalue weighted by Gasteiger charge is 2.22. The molecule has 2 atom stereocenters. The Morgan fingerprint density at radius 1 is 0.731 bits per heavy atom. The van der Waals surface area contributed by atoms with Gasteiger partial charge in [0.2, 0.25) is 11.8 Å². The molecule has 8 rings (SSSR count). The number of halogens is 2. The molecule has 6 heterocycles. The molecule has 2 aliphatic heterocycles. The summed E-state index contributed by atoms with van der Waals surface area (Å²) < 4.78 is 3.27. The summed E-state index contributed by atoms with van der Waals surface area (Å²) in [7, 11) is 0.